The Bertz CT molecular complexity index is 1310. The molecule has 2 aliphatic heterocycles. The number of amides is 2. The number of anilines is 3. The molecule has 3 aromatic carbocycles. The lowest BCUT2D eigenvalue weighted by Gasteiger charge is -2.43. The standard InChI is InChI=1S/C30H37N7O2/c31-26-12-4-5-13-27(26)37(33)17-7-16-34-18-14-30(15-19-34)29(39)35(22-36(30)25-10-2-1-3-11-25)21-23-8-6-9-24(20-23)28(32)38/h1-6,8-13,20H,7,14-19,21-22,31,33H2,(H2,32,38). The van der Waals surface area contributed by atoms with Crippen LogP contribution in [0.25, 0.3) is 0 Å². The maximum Gasteiger partial charge on any atom is 0.250 e. The number of hydrogen-bond donors (Lipinski definition) is 3. The number of para-hydroxylation sites is 3. The molecule has 39 heavy (non-hydrogen) atoms. The zero-order valence-electron chi connectivity index (χ0n) is 22.2. The van der Waals surface area contributed by atoms with Crippen molar-refractivity contribution in [2.45, 2.75) is 31.3 Å². The molecule has 204 valence electrons. The van der Waals surface area contributed by atoms with Crippen LogP contribution in [0.4, 0.5) is 17.1 Å². The molecule has 2 saturated heterocycles. The van der Waals surface area contributed by atoms with Crippen molar-refractivity contribution in [2.75, 3.05) is 48.5 Å². The molecule has 9 heteroatoms. The summed E-state index contributed by atoms with van der Waals surface area (Å²) in [7, 11) is 0. The first-order valence-corrected chi connectivity index (χ1v) is 13.5. The van der Waals surface area contributed by atoms with Crippen LogP contribution in [0.5, 0.6) is 0 Å². The van der Waals surface area contributed by atoms with Crippen LogP contribution >= 0.6 is 0 Å². The van der Waals surface area contributed by atoms with Crippen molar-refractivity contribution in [1.82, 2.24) is 9.80 Å². The van der Waals surface area contributed by atoms with Crippen molar-refractivity contribution in [3.8, 4) is 0 Å². The number of likely N-dealkylation sites (tertiary alicyclic amines) is 1. The molecule has 0 unspecified atom stereocenters. The molecule has 2 heterocycles. The zero-order valence-corrected chi connectivity index (χ0v) is 22.2. The fourth-order valence-electron chi connectivity index (χ4n) is 5.85. The van der Waals surface area contributed by atoms with Crippen LogP contribution in [0.1, 0.15) is 35.2 Å². The molecular weight excluding hydrogens is 490 g/mol. The summed E-state index contributed by atoms with van der Waals surface area (Å²) in [5.41, 5.74) is 14.9. The summed E-state index contributed by atoms with van der Waals surface area (Å²) < 4.78 is 0. The number of nitrogens with two attached hydrogens (primary N) is 3. The molecule has 0 saturated carbocycles. The molecule has 9 nitrogen and oxygen atoms in total. The summed E-state index contributed by atoms with van der Waals surface area (Å²) in [5, 5.41) is 1.71. The molecule has 5 rings (SSSR count). The first-order valence-electron chi connectivity index (χ1n) is 13.5. The average Bonchev–Trinajstić information content (AvgIpc) is 3.21. The minimum atomic E-state index is -0.586. The maximum atomic E-state index is 14.0. The molecule has 2 fully saturated rings. The molecule has 1 spiro atoms. The van der Waals surface area contributed by atoms with E-state index in [1.165, 1.54) is 0 Å². The van der Waals surface area contributed by atoms with Gasteiger partial charge in [0.05, 0.1) is 18.0 Å². The van der Waals surface area contributed by atoms with Crippen molar-refractivity contribution in [2.24, 2.45) is 11.6 Å². The van der Waals surface area contributed by atoms with E-state index in [0.717, 1.165) is 55.8 Å². The fourth-order valence-corrected chi connectivity index (χ4v) is 5.85. The van der Waals surface area contributed by atoms with Gasteiger partial charge in [-0.25, -0.2) is 5.84 Å². The molecule has 3 aromatic rings. The summed E-state index contributed by atoms with van der Waals surface area (Å²) in [6, 6.07) is 25.0. The Balaban J connectivity index is 1.25. The Morgan fingerprint density at radius 2 is 1.67 bits per heavy atom. The highest BCUT2D eigenvalue weighted by Gasteiger charge is 2.53. The number of hydrogen-bond acceptors (Lipinski definition) is 7. The topological polar surface area (TPSA) is 125 Å². The first-order chi connectivity index (χ1) is 18.9. The van der Waals surface area contributed by atoms with Crippen molar-refractivity contribution >= 4 is 28.9 Å². The van der Waals surface area contributed by atoms with Gasteiger partial charge >= 0.3 is 0 Å². The second-order valence-electron chi connectivity index (χ2n) is 10.5. The van der Waals surface area contributed by atoms with Gasteiger partial charge in [0.2, 0.25) is 11.8 Å². The van der Waals surface area contributed by atoms with Gasteiger partial charge in [-0.3, -0.25) is 9.59 Å². The van der Waals surface area contributed by atoms with Gasteiger partial charge in [-0.2, -0.15) is 0 Å². The largest absolute Gasteiger partial charge is 0.397 e. The van der Waals surface area contributed by atoms with Crippen LogP contribution in [0.2, 0.25) is 0 Å². The van der Waals surface area contributed by atoms with Gasteiger partial charge in [0, 0.05) is 37.4 Å². The van der Waals surface area contributed by atoms with Gasteiger partial charge < -0.3 is 31.2 Å². The Morgan fingerprint density at radius 3 is 2.38 bits per heavy atom. The lowest BCUT2D eigenvalue weighted by Crippen LogP contribution is -2.56. The molecule has 0 atom stereocenters. The van der Waals surface area contributed by atoms with Gasteiger partial charge in [-0.15, -0.1) is 0 Å². The summed E-state index contributed by atoms with van der Waals surface area (Å²) in [6.07, 6.45) is 2.39. The SMILES string of the molecule is NC(=O)c1cccc(CN2CN(c3ccccc3)C3(CCN(CCCN(N)c4ccccc4N)CC3)C2=O)c1. The monoisotopic (exact) mass is 527 g/mol. The van der Waals surface area contributed by atoms with Gasteiger partial charge in [0.1, 0.15) is 5.54 Å². The van der Waals surface area contributed by atoms with Gasteiger partial charge in [-0.1, -0.05) is 42.5 Å². The van der Waals surface area contributed by atoms with E-state index in [9.17, 15) is 9.59 Å². The number of piperidine rings is 1. The predicted molar refractivity (Wildman–Crippen MR) is 155 cm³/mol. The van der Waals surface area contributed by atoms with Crippen molar-refractivity contribution < 1.29 is 9.59 Å². The van der Waals surface area contributed by atoms with Crippen LogP contribution in [-0.2, 0) is 11.3 Å². The highest BCUT2D eigenvalue weighted by molar-refractivity contribution is 5.94. The van der Waals surface area contributed by atoms with E-state index in [-0.39, 0.29) is 5.91 Å². The van der Waals surface area contributed by atoms with Gasteiger partial charge in [0.25, 0.3) is 0 Å². The third kappa shape index (κ3) is 5.55. The summed E-state index contributed by atoms with van der Waals surface area (Å²) in [5.74, 6) is 5.94. The van der Waals surface area contributed by atoms with Crippen LogP contribution in [0, 0.1) is 0 Å². The summed E-state index contributed by atoms with van der Waals surface area (Å²) in [4.78, 5) is 32.3. The highest BCUT2D eigenvalue weighted by Crippen LogP contribution is 2.40. The van der Waals surface area contributed by atoms with E-state index in [0.29, 0.717) is 31.0 Å². The molecule has 2 aliphatic rings. The Hall–Kier alpha value is -4.08. The lowest BCUT2D eigenvalue weighted by atomic mass is 9.85. The number of carbonyl (C=O) groups is 2. The number of benzene rings is 3. The van der Waals surface area contributed by atoms with E-state index in [4.69, 9.17) is 17.3 Å². The molecule has 2 amide bonds. The Kier molecular flexibility index (Phi) is 7.72. The summed E-state index contributed by atoms with van der Waals surface area (Å²) >= 11 is 0. The fraction of sp³-hybridized carbons (Fsp3) is 0.333. The average molecular weight is 528 g/mol. The minimum Gasteiger partial charge on any atom is -0.397 e. The smallest absolute Gasteiger partial charge is 0.250 e. The zero-order chi connectivity index (χ0) is 27.4. The third-order valence-electron chi connectivity index (χ3n) is 7.97. The molecule has 0 bridgehead atoms. The van der Waals surface area contributed by atoms with Crippen LogP contribution in [0.3, 0.4) is 0 Å². The second kappa shape index (κ2) is 11.3. The molecule has 0 aromatic heterocycles. The van der Waals surface area contributed by atoms with E-state index >= 15 is 0 Å². The van der Waals surface area contributed by atoms with E-state index in [1.807, 2.05) is 59.5 Å². The van der Waals surface area contributed by atoms with Crippen LogP contribution in [0.15, 0.2) is 78.9 Å². The number of carbonyl (C=O) groups excluding carboxylic acids is 2. The molecule has 6 N–H and O–H groups in total. The predicted octanol–water partition coefficient (Wildman–Crippen LogP) is 2.78. The molecule has 0 aliphatic carbocycles. The van der Waals surface area contributed by atoms with Crippen molar-refractivity contribution in [1.29, 1.82) is 0 Å². The quantitative estimate of drug-likeness (QED) is 0.222. The molecule has 0 radical (unpaired) electrons. The van der Waals surface area contributed by atoms with Crippen molar-refractivity contribution in [3.05, 3.63) is 90.0 Å². The van der Waals surface area contributed by atoms with E-state index in [1.54, 1.807) is 17.1 Å². The lowest BCUT2D eigenvalue weighted by molar-refractivity contribution is -0.134. The normalized spacial score (nSPS) is 17.1. The van der Waals surface area contributed by atoms with Crippen LogP contribution in [-0.4, -0.2) is 60.0 Å². The van der Waals surface area contributed by atoms with Gasteiger partial charge in [-0.05, 0) is 67.8 Å². The van der Waals surface area contributed by atoms with Crippen molar-refractivity contribution in [3.63, 3.8) is 0 Å². The number of nitrogen functional groups attached to an aromatic ring is 1. The Labute approximate surface area is 229 Å². The second-order valence-corrected chi connectivity index (χ2v) is 10.5. The number of nitrogens with zero attached hydrogens (tertiary/aromatic N) is 4. The molecular formula is C30H37N7O2. The maximum absolute atomic E-state index is 14.0. The highest BCUT2D eigenvalue weighted by atomic mass is 16.2. The Morgan fingerprint density at radius 1 is 0.949 bits per heavy atom. The minimum absolute atomic E-state index is 0.142. The number of hydrazine groups is 1. The number of primary amides is 1. The third-order valence-corrected chi connectivity index (χ3v) is 7.97. The van der Waals surface area contributed by atoms with E-state index in [2.05, 4.69) is 21.9 Å². The number of rotatable bonds is 9. The van der Waals surface area contributed by atoms with Crippen LogP contribution < -0.4 is 27.2 Å². The summed E-state index contributed by atoms with van der Waals surface area (Å²) in [6.45, 7) is 4.20. The first kappa shape index (κ1) is 26.5. The van der Waals surface area contributed by atoms with Gasteiger partial charge in [0.15, 0.2) is 0 Å². The van der Waals surface area contributed by atoms with E-state index < -0.39 is 11.4 Å².